The summed E-state index contributed by atoms with van der Waals surface area (Å²) in [6.45, 7) is 1.37. The van der Waals surface area contributed by atoms with Gasteiger partial charge in [0.2, 0.25) is 10.0 Å². The van der Waals surface area contributed by atoms with E-state index in [1.165, 1.54) is 15.6 Å². The summed E-state index contributed by atoms with van der Waals surface area (Å²) >= 11 is 1.48. The van der Waals surface area contributed by atoms with Crippen molar-refractivity contribution in [1.29, 1.82) is 0 Å². The van der Waals surface area contributed by atoms with E-state index < -0.39 is 22.1 Å². The van der Waals surface area contributed by atoms with Gasteiger partial charge in [-0.1, -0.05) is 0 Å². The molecule has 1 aliphatic rings. The second kappa shape index (κ2) is 9.20. The number of alkyl halides is 3. The smallest absolute Gasteiger partial charge is 0.497 e. The van der Waals surface area contributed by atoms with Gasteiger partial charge in [-0.25, -0.2) is 13.4 Å². The molecule has 7 nitrogen and oxygen atoms in total. The zero-order valence-electron chi connectivity index (χ0n) is 17.4. The normalized spacial score (nSPS) is 15.5. The van der Waals surface area contributed by atoms with Crippen LogP contribution in [-0.4, -0.2) is 57.4 Å². The standard InChI is InChI=1S/C21H20F3N3O4S2/c1-30-16-4-2-15(3-5-16)19-14-32-20(25-19)26-10-12-27(13-11-26)33(28,29)18-8-6-17(7-9-18)31-21(22,23)24/h2-9,14H,10-13H2,1H3. The Kier molecular flexibility index (Phi) is 6.50. The van der Waals surface area contributed by atoms with Crippen molar-refractivity contribution >= 4 is 26.5 Å². The highest BCUT2D eigenvalue weighted by atomic mass is 32.2. The van der Waals surface area contributed by atoms with E-state index in [4.69, 9.17) is 4.74 Å². The highest BCUT2D eigenvalue weighted by Gasteiger charge is 2.32. The third-order valence-electron chi connectivity index (χ3n) is 5.08. The third kappa shape index (κ3) is 5.40. The van der Waals surface area contributed by atoms with E-state index in [0.29, 0.717) is 13.1 Å². The molecule has 1 fully saturated rings. The lowest BCUT2D eigenvalue weighted by Crippen LogP contribution is -2.48. The van der Waals surface area contributed by atoms with Gasteiger partial charge in [0.15, 0.2) is 5.13 Å². The molecule has 1 aliphatic heterocycles. The van der Waals surface area contributed by atoms with Gasteiger partial charge in [-0.3, -0.25) is 0 Å². The SMILES string of the molecule is COc1ccc(-c2csc(N3CCN(S(=O)(=O)c4ccc(OC(F)(F)F)cc4)CC3)n2)cc1. The topological polar surface area (TPSA) is 72.0 Å². The van der Waals surface area contributed by atoms with Crippen LogP contribution in [0.3, 0.4) is 0 Å². The molecule has 33 heavy (non-hydrogen) atoms. The molecular formula is C21H20F3N3O4S2. The Hall–Kier alpha value is -2.83. The Bertz CT molecular complexity index is 1190. The number of ether oxygens (including phenoxy) is 2. The van der Waals surface area contributed by atoms with Crippen LogP contribution in [0.25, 0.3) is 11.3 Å². The van der Waals surface area contributed by atoms with Crippen molar-refractivity contribution < 1.29 is 31.1 Å². The molecule has 0 amide bonds. The fourth-order valence-corrected chi connectivity index (χ4v) is 5.70. The van der Waals surface area contributed by atoms with Crippen LogP contribution >= 0.6 is 11.3 Å². The molecule has 0 saturated carbocycles. The van der Waals surface area contributed by atoms with Crippen molar-refractivity contribution in [2.45, 2.75) is 11.3 Å². The number of benzene rings is 2. The molecule has 0 bridgehead atoms. The molecule has 2 heterocycles. The first kappa shape index (κ1) is 23.3. The van der Waals surface area contributed by atoms with Gasteiger partial charge in [0.25, 0.3) is 0 Å². The second-order valence-corrected chi connectivity index (χ2v) is 9.93. The van der Waals surface area contributed by atoms with E-state index in [1.54, 1.807) is 7.11 Å². The van der Waals surface area contributed by atoms with Gasteiger partial charge in [-0.15, -0.1) is 24.5 Å². The number of piperazine rings is 1. The first-order chi connectivity index (χ1) is 15.7. The van der Waals surface area contributed by atoms with Crippen LogP contribution < -0.4 is 14.4 Å². The number of rotatable bonds is 6. The van der Waals surface area contributed by atoms with Gasteiger partial charge in [0.05, 0.1) is 17.7 Å². The van der Waals surface area contributed by atoms with Gasteiger partial charge >= 0.3 is 6.36 Å². The number of hydrogen-bond donors (Lipinski definition) is 0. The predicted octanol–water partition coefficient (Wildman–Crippen LogP) is 4.23. The molecule has 2 aromatic carbocycles. The average molecular weight is 500 g/mol. The van der Waals surface area contributed by atoms with Gasteiger partial charge in [0, 0.05) is 37.1 Å². The van der Waals surface area contributed by atoms with E-state index >= 15 is 0 Å². The Morgan fingerprint density at radius 3 is 2.12 bits per heavy atom. The number of halogens is 3. The summed E-state index contributed by atoms with van der Waals surface area (Å²) in [7, 11) is -2.23. The van der Waals surface area contributed by atoms with Crippen molar-refractivity contribution in [3.8, 4) is 22.8 Å². The number of aromatic nitrogens is 1. The van der Waals surface area contributed by atoms with Crippen LogP contribution in [0.2, 0.25) is 0 Å². The first-order valence-electron chi connectivity index (χ1n) is 9.86. The molecule has 0 spiro atoms. The van der Waals surface area contributed by atoms with E-state index in [1.807, 2.05) is 34.5 Å². The monoisotopic (exact) mass is 499 g/mol. The van der Waals surface area contributed by atoms with Crippen molar-refractivity contribution in [3.05, 3.63) is 53.9 Å². The summed E-state index contributed by atoms with van der Waals surface area (Å²) in [6.07, 6.45) is -4.83. The molecule has 0 radical (unpaired) electrons. The van der Waals surface area contributed by atoms with Crippen molar-refractivity contribution in [3.63, 3.8) is 0 Å². The average Bonchev–Trinajstić information content (AvgIpc) is 3.29. The number of hydrogen-bond acceptors (Lipinski definition) is 7. The Morgan fingerprint density at radius 1 is 0.939 bits per heavy atom. The molecule has 0 atom stereocenters. The Labute approximate surface area is 193 Å². The number of methoxy groups -OCH3 is 1. The van der Waals surface area contributed by atoms with Crippen molar-refractivity contribution in [2.75, 3.05) is 38.2 Å². The molecule has 0 aliphatic carbocycles. The lowest BCUT2D eigenvalue weighted by Gasteiger charge is -2.33. The fraction of sp³-hybridized carbons (Fsp3) is 0.286. The van der Waals surface area contributed by atoms with Gasteiger partial charge in [-0.2, -0.15) is 4.31 Å². The summed E-state index contributed by atoms with van der Waals surface area (Å²) < 4.78 is 73.0. The second-order valence-electron chi connectivity index (χ2n) is 7.15. The van der Waals surface area contributed by atoms with E-state index in [-0.39, 0.29) is 18.0 Å². The van der Waals surface area contributed by atoms with Crippen molar-refractivity contribution in [2.24, 2.45) is 0 Å². The number of sulfonamides is 1. The predicted molar refractivity (Wildman–Crippen MR) is 118 cm³/mol. The Balaban J connectivity index is 1.39. The summed E-state index contributed by atoms with van der Waals surface area (Å²) in [5.41, 5.74) is 1.78. The van der Waals surface area contributed by atoms with Crippen LogP contribution in [-0.2, 0) is 10.0 Å². The zero-order chi connectivity index (χ0) is 23.6. The largest absolute Gasteiger partial charge is 0.573 e. The summed E-state index contributed by atoms with van der Waals surface area (Å²) in [5.74, 6) is 0.289. The maximum Gasteiger partial charge on any atom is 0.573 e. The third-order valence-corrected chi connectivity index (χ3v) is 7.90. The lowest BCUT2D eigenvalue weighted by atomic mass is 10.2. The molecule has 176 valence electrons. The fourth-order valence-electron chi connectivity index (χ4n) is 3.39. The summed E-state index contributed by atoms with van der Waals surface area (Å²) in [5, 5.41) is 2.75. The lowest BCUT2D eigenvalue weighted by molar-refractivity contribution is -0.274. The quantitative estimate of drug-likeness (QED) is 0.506. The minimum absolute atomic E-state index is 0.0819. The van der Waals surface area contributed by atoms with Crippen LogP contribution in [0, 0.1) is 0 Å². The van der Waals surface area contributed by atoms with Crippen molar-refractivity contribution in [1.82, 2.24) is 9.29 Å². The maximum atomic E-state index is 12.9. The van der Waals surface area contributed by atoms with E-state index in [2.05, 4.69) is 9.72 Å². The van der Waals surface area contributed by atoms with Gasteiger partial charge in [0.1, 0.15) is 11.5 Å². The minimum Gasteiger partial charge on any atom is -0.497 e. The molecule has 12 heteroatoms. The molecule has 1 aromatic heterocycles. The molecular weight excluding hydrogens is 479 g/mol. The van der Waals surface area contributed by atoms with Crippen LogP contribution in [0.1, 0.15) is 0 Å². The summed E-state index contributed by atoms with van der Waals surface area (Å²) in [4.78, 5) is 6.61. The number of anilines is 1. The van der Waals surface area contributed by atoms with Crippen LogP contribution in [0.4, 0.5) is 18.3 Å². The number of nitrogens with zero attached hydrogens (tertiary/aromatic N) is 3. The van der Waals surface area contributed by atoms with Crippen LogP contribution in [0.15, 0.2) is 58.8 Å². The molecule has 1 saturated heterocycles. The molecule has 0 N–H and O–H groups in total. The Morgan fingerprint density at radius 2 is 1.55 bits per heavy atom. The van der Waals surface area contributed by atoms with Gasteiger partial charge < -0.3 is 14.4 Å². The van der Waals surface area contributed by atoms with Gasteiger partial charge in [-0.05, 0) is 48.5 Å². The minimum atomic E-state index is -4.83. The highest BCUT2D eigenvalue weighted by molar-refractivity contribution is 7.89. The van der Waals surface area contributed by atoms with Crippen LogP contribution in [0.5, 0.6) is 11.5 Å². The van der Waals surface area contributed by atoms with E-state index in [9.17, 15) is 21.6 Å². The first-order valence-corrected chi connectivity index (χ1v) is 12.2. The zero-order valence-corrected chi connectivity index (χ0v) is 19.1. The summed E-state index contributed by atoms with van der Waals surface area (Å²) in [6, 6.07) is 11.8. The molecule has 4 rings (SSSR count). The molecule has 0 unspecified atom stereocenters. The number of thiazole rings is 1. The highest BCUT2D eigenvalue weighted by Crippen LogP contribution is 2.30. The maximum absolute atomic E-state index is 12.9. The van der Waals surface area contributed by atoms with E-state index in [0.717, 1.165) is 46.4 Å². The molecule has 3 aromatic rings.